The molecule has 182 valence electrons. The summed E-state index contributed by atoms with van der Waals surface area (Å²) >= 11 is 13.5. The maximum atomic E-state index is 12.3. The number of nitrogens with one attached hydrogen (secondary N) is 2. The predicted molar refractivity (Wildman–Crippen MR) is 133 cm³/mol. The second-order valence-electron chi connectivity index (χ2n) is 7.74. The molecule has 1 fully saturated rings. The van der Waals surface area contributed by atoms with Crippen LogP contribution >= 0.6 is 35.0 Å². The van der Waals surface area contributed by atoms with Gasteiger partial charge < -0.3 is 21.1 Å². The molecule has 4 N–H and O–H groups in total. The molecule has 1 aliphatic heterocycles. The quantitative estimate of drug-likeness (QED) is 0.411. The van der Waals surface area contributed by atoms with Gasteiger partial charge in [-0.2, -0.15) is 0 Å². The van der Waals surface area contributed by atoms with Crippen LogP contribution in [0.15, 0.2) is 47.4 Å². The summed E-state index contributed by atoms with van der Waals surface area (Å²) in [6, 6.07) is 12.4. The number of primary amides is 1. The molecule has 0 radical (unpaired) electrons. The Hall–Kier alpha value is -2.30. The van der Waals surface area contributed by atoms with Crippen molar-refractivity contribution < 1.29 is 19.1 Å². The predicted octanol–water partition coefficient (Wildman–Crippen LogP) is 2.32. The van der Waals surface area contributed by atoms with E-state index in [0.29, 0.717) is 35.3 Å². The van der Waals surface area contributed by atoms with E-state index in [1.54, 1.807) is 30.3 Å². The van der Waals surface area contributed by atoms with E-state index < -0.39 is 5.91 Å². The molecular weight excluding hydrogens is 499 g/mol. The van der Waals surface area contributed by atoms with Gasteiger partial charge in [0.2, 0.25) is 11.8 Å². The molecule has 34 heavy (non-hydrogen) atoms. The van der Waals surface area contributed by atoms with Crippen LogP contribution in [-0.4, -0.2) is 67.3 Å². The summed E-state index contributed by atoms with van der Waals surface area (Å²) in [4.78, 5) is 38.1. The maximum absolute atomic E-state index is 12.3. The molecule has 3 amide bonds. The lowest BCUT2D eigenvalue weighted by atomic mass is 10.2. The molecule has 0 saturated carbocycles. The number of carbonyl (C=O) groups excluding carboxylic acids is 3. The van der Waals surface area contributed by atoms with Gasteiger partial charge in [0, 0.05) is 36.6 Å². The first-order valence-electron chi connectivity index (χ1n) is 10.6. The number of nitrogens with two attached hydrogens (primary N) is 1. The molecule has 0 aromatic heterocycles. The molecule has 1 atom stereocenters. The fourth-order valence-electron chi connectivity index (χ4n) is 3.34. The first-order valence-corrected chi connectivity index (χ1v) is 12.4. The van der Waals surface area contributed by atoms with Crippen LogP contribution in [0.2, 0.25) is 10.0 Å². The average Bonchev–Trinajstić information content (AvgIpc) is 2.83. The van der Waals surface area contributed by atoms with E-state index in [2.05, 4.69) is 15.5 Å². The summed E-state index contributed by atoms with van der Waals surface area (Å²) < 4.78 is 5.79. The Morgan fingerprint density at radius 2 is 1.85 bits per heavy atom. The number of hydrogen-bond acceptors (Lipinski definition) is 6. The fraction of sp³-hybridized carbons (Fsp3) is 0.348. The van der Waals surface area contributed by atoms with Crippen molar-refractivity contribution in [3.05, 3.63) is 63.6 Å². The van der Waals surface area contributed by atoms with Crippen molar-refractivity contribution in [2.45, 2.75) is 17.5 Å². The summed E-state index contributed by atoms with van der Waals surface area (Å²) in [5.41, 5.74) is 6.50. The summed E-state index contributed by atoms with van der Waals surface area (Å²) in [6.45, 7) is 3.04. The van der Waals surface area contributed by atoms with E-state index in [4.69, 9.17) is 33.7 Å². The standard InChI is InChI=1S/C23H26Cl2N4O4S/c24-19-6-1-15(9-20(19)25)12-29-7-8-33-17(13-29)10-27-22(31)14-34-18-4-2-16(3-5-18)23(32)28-11-21(26)30/h1-6,9,17H,7-8,10-14H2,(H2,26,30)(H,27,31)(H,28,32)/t17-/m0/s1. The molecule has 0 aliphatic carbocycles. The molecule has 0 unspecified atom stereocenters. The summed E-state index contributed by atoms with van der Waals surface area (Å²) in [5.74, 6) is -0.843. The summed E-state index contributed by atoms with van der Waals surface area (Å²) in [7, 11) is 0. The number of hydrogen-bond donors (Lipinski definition) is 3. The highest BCUT2D eigenvalue weighted by Gasteiger charge is 2.21. The zero-order chi connectivity index (χ0) is 24.5. The van der Waals surface area contributed by atoms with E-state index in [9.17, 15) is 14.4 Å². The summed E-state index contributed by atoms with van der Waals surface area (Å²) in [6.07, 6.45) is -0.0938. The second-order valence-corrected chi connectivity index (χ2v) is 9.61. The zero-order valence-electron chi connectivity index (χ0n) is 18.4. The van der Waals surface area contributed by atoms with Crippen molar-refractivity contribution in [2.24, 2.45) is 5.73 Å². The zero-order valence-corrected chi connectivity index (χ0v) is 20.7. The van der Waals surface area contributed by atoms with E-state index >= 15 is 0 Å². The topological polar surface area (TPSA) is 114 Å². The average molecular weight is 525 g/mol. The van der Waals surface area contributed by atoms with Gasteiger partial charge >= 0.3 is 0 Å². The normalized spacial score (nSPS) is 16.1. The third-order valence-corrected chi connectivity index (χ3v) is 6.80. The highest BCUT2D eigenvalue weighted by Crippen LogP contribution is 2.23. The van der Waals surface area contributed by atoms with Crippen molar-refractivity contribution >= 4 is 52.7 Å². The van der Waals surface area contributed by atoms with Gasteiger partial charge in [-0.25, -0.2) is 0 Å². The highest BCUT2D eigenvalue weighted by molar-refractivity contribution is 8.00. The minimum Gasteiger partial charge on any atom is -0.374 e. The number of benzene rings is 2. The smallest absolute Gasteiger partial charge is 0.251 e. The van der Waals surface area contributed by atoms with Crippen LogP contribution in [-0.2, 0) is 20.9 Å². The Bertz CT molecular complexity index is 1020. The molecule has 0 spiro atoms. The van der Waals surface area contributed by atoms with Crippen molar-refractivity contribution in [2.75, 3.05) is 38.5 Å². The molecular formula is C23H26Cl2N4O4S. The van der Waals surface area contributed by atoms with Gasteiger partial charge in [0.05, 0.1) is 35.1 Å². The molecule has 8 nitrogen and oxygen atoms in total. The van der Waals surface area contributed by atoms with Gasteiger partial charge in [-0.15, -0.1) is 11.8 Å². The second kappa shape index (κ2) is 13.0. The van der Waals surface area contributed by atoms with Crippen molar-refractivity contribution in [1.82, 2.24) is 15.5 Å². The van der Waals surface area contributed by atoms with Crippen LogP contribution in [0, 0.1) is 0 Å². The third kappa shape index (κ3) is 8.48. The Labute approximate surface area is 212 Å². The summed E-state index contributed by atoms with van der Waals surface area (Å²) in [5, 5.41) is 6.42. The van der Waals surface area contributed by atoms with Crippen molar-refractivity contribution in [3.63, 3.8) is 0 Å². The number of amides is 3. The van der Waals surface area contributed by atoms with Gasteiger partial charge in [-0.1, -0.05) is 29.3 Å². The molecule has 11 heteroatoms. The maximum Gasteiger partial charge on any atom is 0.251 e. The molecule has 1 saturated heterocycles. The van der Waals surface area contributed by atoms with Crippen molar-refractivity contribution in [1.29, 1.82) is 0 Å². The van der Waals surface area contributed by atoms with E-state index in [1.807, 2.05) is 12.1 Å². The third-order valence-electron chi connectivity index (χ3n) is 5.05. The number of rotatable bonds is 10. The number of morpholine rings is 1. The van der Waals surface area contributed by atoms with E-state index in [-0.39, 0.29) is 30.2 Å². The van der Waals surface area contributed by atoms with E-state index in [1.165, 1.54) is 11.8 Å². The molecule has 3 rings (SSSR count). The Morgan fingerprint density at radius 3 is 2.56 bits per heavy atom. The number of nitrogens with zero attached hydrogens (tertiary/aromatic N) is 1. The first-order chi connectivity index (χ1) is 16.3. The largest absolute Gasteiger partial charge is 0.374 e. The number of thioether (sulfide) groups is 1. The Balaban J connectivity index is 1.38. The number of halogens is 2. The van der Waals surface area contributed by atoms with Crippen LogP contribution in [0.25, 0.3) is 0 Å². The fourth-order valence-corrected chi connectivity index (χ4v) is 4.39. The molecule has 0 bridgehead atoms. The number of ether oxygens (including phenoxy) is 1. The van der Waals surface area contributed by atoms with E-state index in [0.717, 1.165) is 23.5 Å². The molecule has 1 heterocycles. The first kappa shape index (κ1) is 26.3. The Morgan fingerprint density at radius 1 is 1.09 bits per heavy atom. The van der Waals surface area contributed by atoms with Crippen LogP contribution in [0.5, 0.6) is 0 Å². The van der Waals surface area contributed by atoms with Gasteiger partial charge in [0.15, 0.2) is 0 Å². The minimum atomic E-state index is -0.607. The van der Waals surface area contributed by atoms with Crippen LogP contribution < -0.4 is 16.4 Å². The monoisotopic (exact) mass is 524 g/mol. The minimum absolute atomic E-state index is 0.0938. The molecule has 2 aromatic carbocycles. The lowest BCUT2D eigenvalue weighted by Gasteiger charge is -2.33. The number of carbonyl (C=O) groups is 3. The highest BCUT2D eigenvalue weighted by atomic mass is 35.5. The molecule has 1 aliphatic rings. The SMILES string of the molecule is NC(=O)CNC(=O)c1ccc(SCC(=O)NC[C@H]2CN(Cc3ccc(Cl)c(Cl)c3)CCO2)cc1. The van der Waals surface area contributed by atoms with Crippen LogP contribution in [0.4, 0.5) is 0 Å². The molecule has 2 aromatic rings. The van der Waals surface area contributed by atoms with Crippen LogP contribution in [0.3, 0.4) is 0 Å². The lowest BCUT2D eigenvalue weighted by Crippen LogP contribution is -2.47. The Kier molecular flexibility index (Phi) is 10.0. The van der Waals surface area contributed by atoms with Crippen LogP contribution in [0.1, 0.15) is 15.9 Å². The van der Waals surface area contributed by atoms with Gasteiger partial charge in [0.1, 0.15) is 0 Å². The van der Waals surface area contributed by atoms with Gasteiger partial charge in [0.25, 0.3) is 5.91 Å². The van der Waals surface area contributed by atoms with Gasteiger partial charge in [-0.3, -0.25) is 19.3 Å². The van der Waals surface area contributed by atoms with Gasteiger partial charge in [-0.05, 0) is 42.0 Å². The lowest BCUT2D eigenvalue weighted by molar-refractivity contribution is -0.120. The van der Waals surface area contributed by atoms with Crippen molar-refractivity contribution in [3.8, 4) is 0 Å².